The lowest BCUT2D eigenvalue weighted by Crippen LogP contribution is -2.68. The molecule has 7 unspecified atom stereocenters. The van der Waals surface area contributed by atoms with Gasteiger partial charge >= 0.3 is 0 Å². The summed E-state index contributed by atoms with van der Waals surface area (Å²) >= 11 is 2.06. The highest BCUT2D eigenvalue weighted by molar-refractivity contribution is 8.00. The van der Waals surface area contributed by atoms with Crippen LogP contribution in [0.4, 0.5) is 0 Å². The summed E-state index contributed by atoms with van der Waals surface area (Å²) in [5, 5.41) is 10.3. The molecule has 0 aromatic heterocycles. The molecular weight excluding hydrogens is 476 g/mol. The molecule has 2 bridgehead atoms. The lowest BCUT2D eigenvalue weighted by Gasteiger charge is -2.51. The van der Waals surface area contributed by atoms with E-state index in [0.29, 0.717) is 29.7 Å². The maximum atomic E-state index is 5.89. The number of likely N-dealkylation sites (tertiary alicyclic amines) is 1. The number of hydrogen-bond donors (Lipinski definition) is 2. The zero-order valence-electron chi connectivity index (χ0n) is 24.0. The molecule has 2 N–H and O–H groups in total. The van der Waals surface area contributed by atoms with Gasteiger partial charge in [-0.05, 0) is 69.9 Å². The molecule has 7 atom stereocenters. The molecule has 37 heavy (non-hydrogen) atoms. The molecule has 1 aliphatic carbocycles. The largest absolute Gasteiger partial charge is 0.307 e. The Morgan fingerprint density at radius 2 is 1.68 bits per heavy atom. The van der Waals surface area contributed by atoms with E-state index in [4.69, 9.17) is 4.84 Å². The van der Waals surface area contributed by atoms with Gasteiger partial charge in [0.15, 0.2) is 0 Å². The molecule has 5 nitrogen and oxygen atoms in total. The SMILES string of the molecule is CC[N+]1(CC)C(C)CCCC1NC1NC(c2ccc(C3C4CCCCCCC3N(OC)CC4)cc2)CS1. The Hall–Kier alpha value is -0.630. The highest BCUT2D eigenvalue weighted by atomic mass is 32.2. The van der Waals surface area contributed by atoms with E-state index in [0.717, 1.165) is 24.3 Å². The summed E-state index contributed by atoms with van der Waals surface area (Å²) in [7, 11) is 1.87. The molecule has 208 valence electrons. The van der Waals surface area contributed by atoms with E-state index < -0.39 is 0 Å². The number of quaternary nitrogens is 1. The van der Waals surface area contributed by atoms with Crippen LogP contribution in [0.1, 0.15) is 108 Å². The van der Waals surface area contributed by atoms with Crippen LogP contribution >= 0.6 is 11.8 Å². The Kier molecular flexibility index (Phi) is 9.58. The molecule has 1 aromatic carbocycles. The summed E-state index contributed by atoms with van der Waals surface area (Å²) in [5.41, 5.74) is 3.33. The highest BCUT2D eigenvalue weighted by Gasteiger charge is 2.44. The van der Waals surface area contributed by atoms with E-state index in [-0.39, 0.29) is 0 Å². The van der Waals surface area contributed by atoms with Gasteiger partial charge < -0.3 is 9.32 Å². The third-order valence-electron chi connectivity index (χ3n) is 10.7. The van der Waals surface area contributed by atoms with E-state index in [2.05, 4.69) is 72.5 Å². The van der Waals surface area contributed by atoms with E-state index in [9.17, 15) is 0 Å². The first kappa shape index (κ1) is 27.9. The molecule has 6 heteroatoms. The third-order valence-corrected chi connectivity index (χ3v) is 11.8. The monoisotopic (exact) mass is 529 g/mol. The Bertz CT molecular complexity index is 846. The zero-order valence-corrected chi connectivity index (χ0v) is 24.8. The molecule has 4 fully saturated rings. The minimum Gasteiger partial charge on any atom is -0.307 e. The first-order valence-electron chi connectivity index (χ1n) is 15.5. The lowest BCUT2D eigenvalue weighted by molar-refractivity contribution is -0.976. The topological polar surface area (TPSA) is 36.5 Å². The number of nitrogens with zero attached hydrogens (tertiary/aromatic N) is 2. The first-order chi connectivity index (χ1) is 18.1. The van der Waals surface area contributed by atoms with Crippen molar-refractivity contribution in [3.63, 3.8) is 0 Å². The fourth-order valence-electron chi connectivity index (χ4n) is 8.45. The van der Waals surface area contributed by atoms with E-state index in [1.165, 1.54) is 92.9 Å². The van der Waals surface area contributed by atoms with Crippen molar-refractivity contribution in [2.75, 3.05) is 32.5 Å². The van der Waals surface area contributed by atoms with Gasteiger partial charge in [0.25, 0.3) is 0 Å². The van der Waals surface area contributed by atoms with Crippen molar-refractivity contribution in [2.24, 2.45) is 5.92 Å². The number of nitrogens with one attached hydrogen (secondary N) is 2. The average molecular weight is 530 g/mol. The van der Waals surface area contributed by atoms with E-state index >= 15 is 0 Å². The molecular formula is C31H53N4OS+. The second-order valence-electron chi connectivity index (χ2n) is 12.3. The molecule has 0 amide bonds. The quantitative estimate of drug-likeness (QED) is 0.401. The van der Waals surface area contributed by atoms with Crippen LogP contribution in [0.5, 0.6) is 0 Å². The van der Waals surface area contributed by atoms with Crippen LogP contribution in [0.25, 0.3) is 0 Å². The molecule has 4 aliphatic rings. The smallest absolute Gasteiger partial charge is 0.144 e. The zero-order chi connectivity index (χ0) is 25.8. The van der Waals surface area contributed by atoms with Crippen molar-refractivity contribution in [3.8, 4) is 0 Å². The maximum Gasteiger partial charge on any atom is 0.144 e. The second-order valence-corrected chi connectivity index (χ2v) is 13.4. The summed E-state index contributed by atoms with van der Waals surface area (Å²) in [5.74, 6) is 2.54. The lowest BCUT2D eigenvalue weighted by atomic mass is 9.73. The highest BCUT2D eigenvalue weighted by Crippen LogP contribution is 2.43. The van der Waals surface area contributed by atoms with Gasteiger partial charge in [0.1, 0.15) is 11.7 Å². The summed E-state index contributed by atoms with van der Waals surface area (Å²) < 4.78 is 1.22. The van der Waals surface area contributed by atoms with Gasteiger partial charge in [-0.2, -0.15) is 5.06 Å². The van der Waals surface area contributed by atoms with Crippen molar-refractivity contribution in [1.29, 1.82) is 0 Å². The first-order valence-corrected chi connectivity index (χ1v) is 16.5. The number of piperidine rings is 2. The fraction of sp³-hybridized carbons (Fsp3) is 0.806. The van der Waals surface area contributed by atoms with Crippen molar-refractivity contribution in [2.45, 2.75) is 121 Å². The number of thioether (sulfide) groups is 1. The van der Waals surface area contributed by atoms with Crippen molar-refractivity contribution in [1.82, 2.24) is 15.7 Å². The summed E-state index contributed by atoms with van der Waals surface area (Å²) in [6.07, 6.45) is 14.0. The van der Waals surface area contributed by atoms with Crippen molar-refractivity contribution >= 4 is 11.8 Å². The van der Waals surface area contributed by atoms with Gasteiger partial charge in [-0.1, -0.05) is 49.9 Å². The molecule has 5 rings (SSSR count). The molecule has 1 saturated carbocycles. The minimum absolute atomic E-state index is 0.347. The van der Waals surface area contributed by atoms with Gasteiger partial charge in [-0.3, -0.25) is 5.32 Å². The van der Waals surface area contributed by atoms with Gasteiger partial charge in [0.2, 0.25) is 0 Å². The summed E-state index contributed by atoms with van der Waals surface area (Å²) in [6.45, 7) is 10.8. The van der Waals surface area contributed by atoms with Crippen LogP contribution < -0.4 is 10.6 Å². The number of rotatable bonds is 7. The standard InChI is InChI=1S/C31H53N4OS/c1-5-35(6-2)23(3)12-11-15-29(35)33-31-32-27(22-37-31)24-16-18-26(19-17-24)30-25-13-9-7-8-10-14-28(30)34(36-4)21-20-25/h16-19,23,25,27-33H,5-15,20-22H2,1-4H3/q+1. The van der Waals surface area contributed by atoms with Crippen LogP contribution in [0, 0.1) is 5.92 Å². The van der Waals surface area contributed by atoms with Crippen LogP contribution in [-0.2, 0) is 4.84 Å². The Balaban J connectivity index is 1.26. The molecule has 3 aliphatic heterocycles. The van der Waals surface area contributed by atoms with E-state index in [1.807, 2.05) is 7.11 Å². The Labute approximate surface area is 231 Å². The van der Waals surface area contributed by atoms with Crippen LogP contribution in [-0.4, -0.2) is 65.8 Å². The third kappa shape index (κ3) is 5.81. The van der Waals surface area contributed by atoms with Crippen molar-refractivity contribution < 1.29 is 9.32 Å². The summed E-state index contributed by atoms with van der Waals surface area (Å²) in [6, 6.07) is 11.5. The van der Waals surface area contributed by atoms with Crippen molar-refractivity contribution in [3.05, 3.63) is 35.4 Å². The number of hydrogen-bond acceptors (Lipinski definition) is 5. The van der Waals surface area contributed by atoms with Gasteiger partial charge in [0, 0.05) is 36.7 Å². The molecule has 0 radical (unpaired) electrons. The summed E-state index contributed by atoms with van der Waals surface area (Å²) in [4.78, 5) is 5.89. The van der Waals surface area contributed by atoms with Crippen LogP contribution in [0.15, 0.2) is 24.3 Å². The average Bonchev–Trinajstić information content (AvgIpc) is 3.41. The van der Waals surface area contributed by atoms with Crippen LogP contribution in [0.2, 0.25) is 0 Å². The van der Waals surface area contributed by atoms with Gasteiger partial charge in [-0.25, -0.2) is 5.32 Å². The van der Waals surface area contributed by atoms with Crippen LogP contribution in [0.3, 0.4) is 0 Å². The maximum absolute atomic E-state index is 5.89. The Morgan fingerprint density at radius 1 is 0.946 bits per heavy atom. The Morgan fingerprint density at radius 3 is 2.41 bits per heavy atom. The molecule has 3 heterocycles. The predicted octanol–water partition coefficient (Wildman–Crippen LogP) is 6.38. The van der Waals surface area contributed by atoms with Gasteiger partial charge in [0.05, 0.1) is 26.2 Å². The molecule has 1 aromatic rings. The van der Waals surface area contributed by atoms with Gasteiger partial charge in [-0.15, -0.1) is 11.8 Å². The number of hydroxylamine groups is 2. The normalized spacial score (nSPS) is 37.0. The van der Waals surface area contributed by atoms with E-state index in [1.54, 1.807) is 0 Å². The second kappa shape index (κ2) is 12.7. The molecule has 3 saturated heterocycles. The number of benzene rings is 1. The fourth-order valence-corrected chi connectivity index (χ4v) is 9.63. The molecule has 0 spiro atoms. The minimum atomic E-state index is 0.347. The predicted molar refractivity (Wildman–Crippen MR) is 156 cm³/mol. The number of fused-ring (bicyclic) bond motifs is 2.